The van der Waals surface area contributed by atoms with E-state index in [2.05, 4.69) is 84.3 Å². The monoisotopic (exact) mass is 470 g/mol. The van der Waals surface area contributed by atoms with Gasteiger partial charge in [-0.1, -0.05) is 62.4 Å². The number of carbonyl (C=O) groups is 2. The van der Waals surface area contributed by atoms with Crippen LogP contribution in [0.5, 0.6) is 0 Å². The third kappa shape index (κ3) is 10.4. The molecule has 1 saturated heterocycles. The molecule has 0 aromatic heterocycles. The standard InChI is InChI=1S/C25H36N2O.C2H2O4/c1-22(2)20-28-21-25(26-16-9-10-17-26)19-27(24-13-7-4-8-14-24)18-15-23-11-5-3-6-12-23;3-1(4)2(5)6/h3-8,11-14,22,25H,9-10,15-21H2,1-2H3;(H,3,4)(H,5,6). The minimum absolute atomic E-state index is 0.456. The van der Waals surface area contributed by atoms with Crippen LogP contribution in [0.2, 0.25) is 0 Å². The fourth-order valence-corrected chi connectivity index (χ4v) is 3.95. The van der Waals surface area contributed by atoms with Gasteiger partial charge in [-0.25, -0.2) is 9.59 Å². The molecule has 0 aliphatic carbocycles. The third-order valence-corrected chi connectivity index (χ3v) is 5.67. The molecule has 1 aliphatic heterocycles. The summed E-state index contributed by atoms with van der Waals surface area (Å²) in [6.45, 7) is 10.6. The van der Waals surface area contributed by atoms with Gasteiger partial charge in [-0.2, -0.15) is 0 Å². The summed E-state index contributed by atoms with van der Waals surface area (Å²) in [5, 5.41) is 14.8. The molecule has 3 rings (SSSR count). The zero-order valence-electron chi connectivity index (χ0n) is 20.3. The molecule has 7 nitrogen and oxygen atoms in total. The SMILES string of the molecule is CC(C)COCC(CN(CCc1ccccc1)c1ccccc1)N1CCCC1.O=C(O)C(=O)O. The number of anilines is 1. The van der Waals surface area contributed by atoms with E-state index < -0.39 is 11.9 Å². The summed E-state index contributed by atoms with van der Waals surface area (Å²) in [6.07, 6.45) is 3.70. The molecule has 2 N–H and O–H groups in total. The van der Waals surface area contributed by atoms with Crippen molar-refractivity contribution >= 4 is 17.6 Å². The number of carboxylic acid groups (broad SMARTS) is 2. The van der Waals surface area contributed by atoms with E-state index in [1.165, 1.54) is 37.2 Å². The Bertz CT molecular complexity index is 827. The van der Waals surface area contributed by atoms with Gasteiger partial charge < -0.3 is 19.8 Å². The van der Waals surface area contributed by atoms with Crippen LogP contribution in [0.4, 0.5) is 5.69 Å². The predicted molar refractivity (Wildman–Crippen MR) is 134 cm³/mol. The summed E-state index contributed by atoms with van der Waals surface area (Å²) in [5.41, 5.74) is 2.71. The molecule has 1 aliphatic rings. The molecule has 1 atom stereocenters. The van der Waals surface area contributed by atoms with Gasteiger partial charge in [0.2, 0.25) is 0 Å². The van der Waals surface area contributed by atoms with Crippen molar-refractivity contribution in [3.05, 3.63) is 66.2 Å². The molecule has 0 saturated carbocycles. The van der Waals surface area contributed by atoms with Crippen molar-refractivity contribution in [2.75, 3.05) is 44.3 Å². The molecule has 1 heterocycles. The van der Waals surface area contributed by atoms with Crippen LogP contribution in [0, 0.1) is 5.92 Å². The molecule has 1 unspecified atom stereocenters. The van der Waals surface area contributed by atoms with E-state index in [9.17, 15) is 0 Å². The Morgan fingerprint density at radius 3 is 2.00 bits per heavy atom. The summed E-state index contributed by atoms with van der Waals surface area (Å²) in [7, 11) is 0. The highest BCUT2D eigenvalue weighted by atomic mass is 16.5. The number of rotatable bonds is 11. The number of hydrogen-bond donors (Lipinski definition) is 2. The number of aliphatic carboxylic acids is 2. The Morgan fingerprint density at radius 1 is 0.912 bits per heavy atom. The van der Waals surface area contributed by atoms with Gasteiger partial charge in [0.15, 0.2) is 0 Å². The molecule has 34 heavy (non-hydrogen) atoms. The highest BCUT2D eigenvalue weighted by Gasteiger charge is 2.24. The molecule has 0 amide bonds. The molecule has 7 heteroatoms. The van der Waals surface area contributed by atoms with Crippen LogP contribution >= 0.6 is 0 Å². The quantitative estimate of drug-likeness (QED) is 0.479. The van der Waals surface area contributed by atoms with Crippen molar-refractivity contribution in [2.24, 2.45) is 5.92 Å². The lowest BCUT2D eigenvalue weighted by Crippen LogP contribution is -2.46. The Kier molecular flexibility index (Phi) is 12.1. The largest absolute Gasteiger partial charge is 0.473 e. The van der Waals surface area contributed by atoms with E-state index in [-0.39, 0.29) is 0 Å². The number of para-hydroxylation sites is 1. The second-order valence-electron chi connectivity index (χ2n) is 8.96. The Balaban J connectivity index is 0.000000604. The fraction of sp³-hybridized carbons (Fsp3) is 0.481. The first-order chi connectivity index (χ1) is 16.4. The molecule has 2 aromatic carbocycles. The van der Waals surface area contributed by atoms with Crippen molar-refractivity contribution in [2.45, 2.75) is 39.2 Å². The number of carboxylic acids is 2. The predicted octanol–water partition coefficient (Wildman–Crippen LogP) is 4.03. The minimum Gasteiger partial charge on any atom is -0.473 e. The van der Waals surface area contributed by atoms with Gasteiger partial charge in [0.1, 0.15) is 0 Å². The molecule has 0 bridgehead atoms. The maximum absolute atomic E-state index is 9.10. The highest BCUT2D eigenvalue weighted by Crippen LogP contribution is 2.19. The lowest BCUT2D eigenvalue weighted by atomic mass is 10.1. The van der Waals surface area contributed by atoms with Gasteiger partial charge in [0, 0.05) is 25.4 Å². The Labute approximate surface area is 203 Å². The average Bonchev–Trinajstić information content (AvgIpc) is 3.37. The van der Waals surface area contributed by atoms with Crippen LogP contribution < -0.4 is 4.90 Å². The van der Waals surface area contributed by atoms with E-state index in [1.807, 2.05) is 0 Å². The van der Waals surface area contributed by atoms with Crippen LogP contribution in [0.15, 0.2) is 60.7 Å². The van der Waals surface area contributed by atoms with Crippen molar-refractivity contribution in [3.63, 3.8) is 0 Å². The lowest BCUT2D eigenvalue weighted by molar-refractivity contribution is -0.159. The van der Waals surface area contributed by atoms with Crippen LogP contribution in [-0.2, 0) is 20.7 Å². The zero-order chi connectivity index (χ0) is 24.8. The molecular weight excluding hydrogens is 432 g/mol. The normalized spacial score (nSPS) is 14.3. The second-order valence-corrected chi connectivity index (χ2v) is 8.96. The average molecular weight is 471 g/mol. The van der Waals surface area contributed by atoms with E-state index >= 15 is 0 Å². The summed E-state index contributed by atoms with van der Waals surface area (Å²) in [6, 6.07) is 22.1. The van der Waals surface area contributed by atoms with Crippen molar-refractivity contribution in [1.29, 1.82) is 0 Å². The number of hydrogen-bond acceptors (Lipinski definition) is 5. The number of benzene rings is 2. The fourth-order valence-electron chi connectivity index (χ4n) is 3.95. The van der Waals surface area contributed by atoms with Gasteiger partial charge in [0.05, 0.1) is 12.6 Å². The Morgan fingerprint density at radius 2 is 1.47 bits per heavy atom. The van der Waals surface area contributed by atoms with Crippen molar-refractivity contribution < 1.29 is 24.5 Å². The van der Waals surface area contributed by atoms with E-state index in [0.29, 0.717) is 12.0 Å². The molecule has 0 spiro atoms. The number of ether oxygens (including phenoxy) is 1. The van der Waals surface area contributed by atoms with Gasteiger partial charge in [0.25, 0.3) is 0 Å². The first-order valence-corrected chi connectivity index (χ1v) is 12.0. The molecule has 186 valence electrons. The second kappa shape index (κ2) is 15.1. The highest BCUT2D eigenvalue weighted by molar-refractivity contribution is 6.27. The van der Waals surface area contributed by atoms with E-state index in [4.69, 9.17) is 24.5 Å². The summed E-state index contributed by atoms with van der Waals surface area (Å²) in [5.74, 6) is -3.06. The summed E-state index contributed by atoms with van der Waals surface area (Å²) in [4.78, 5) is 23.4. The van der Waals surface area contributed by atoms with E-state index in [0.717, 1.165) is 32.7 Å². The molecule has 2 aromatic rings. The van der Waals surface area contributed by atoms with Gasteiger partial charge >= 0.3 is 11.9 Å². The van der Waals surface area contributed by atoms with Crippen LogP contribution in [-0.4, -0.2) is 72.5 Å². The van der Waals surface area contributed by atoms with Gasteiger partial charge in [-0.05, 0) is 56.0 Å². The summed E-state index contributed by atoms with van der Waals surface area (Å²) < 4.78 is 6.10. The maximum atomic E-state index is 9.10. The van der Waals surface area contributed by atoms with Gasteiger partial charge in [-0.15, -0.1) is 0 Å². The van der Waals surface area contributed by atoms with Crippen LogP contribution in [0.25, 0.3) is 0 Å². The first-order valence-electron chi connectivity index (χ1n) is 12.0. The number of nitrogens with zero attached hydrogens (tertiary/aromatic N) is 2. The van der Waals surface area contributed by atoms with Crippen molar-refractivity contribution in [3.8, 4) is 0 Å². The number of likely N-dealkylation sites (tertiary alicyclic amines) is 1. The molecule has 1 fully saturated rings. The minimum atomic E-state index is -1.82. The van der Waals surface area contributed by atoms with Gasteiger partial charge in [-0.3, -0.25) is 4.90 Å². The Hall–Kier alpha value is -2.90. The molecule has 0 radical (unpaired) electrons. The van der Waals surface area contributed by atoms with E-state index in [1.54, 1.807) is 0 Å². The van der Waals surface area contributed by atoms with Crippen molar-refractivity contribution in [1.82, 2.24) is 4.90 Å². The third-order valence-electron chi connectivity index (χ3n) is 5.67. The zero-order valence-corrected chi connectivity index (χ0v) is 20.3. The first kappa shape index (κ1) is 27.3. The smallest absolute Gasteiger partial charge is 0.414 e. The van der Waals surface area contributed by atoms with Crippen LogP contribution in [0.1, 0.15) is 32.3 Å². The maximum Gasteiger partial charge on any atom is 0.414 e. The molecular formula is C27H38N2O5. The topological polar surface area (TPSA) is 90.3 Å². The van der Waals surface area contributed by atoms with Crippen LogP contribution in [0.3, 0.4) is 0 Å². The lowest BCUT2D eigenvalue weighted by Gasteiger charge is -2.34. The summed E-state index contributed by atoms with van der Waals surface area (Å²) >= 11 is 0.